The van der Waals surface area contributed by atoms with Crippen molar-refractivity contribution in [2.24, 2.45) is 33.7 Å². The minimum atomic E-state index is -4.78. The third-order valence-corrected chi connectivity index (χ3v) is 11.9. The lowest BCUT2D eigenvalue weighted by molar-refractivity contribution is -0.191. The number of Topliss-reactive ketones (excluding diaryl/α,β-unsaturated/α-hetero) is 2. The topological polar surface area (TPSA) is 157 Å². The Morgan fingerprint density at radius 3 is 1.13 bits per heavy atom. The fourth-order valence-corrected chi connectivity index (χ4v) is 8.88. The SMILES string of the molecule is O=C1CC2=C(C(C3CCN(c4ccc(C(F)(F)F)nn4)CC3)=NC2)[C@@H](C(F)(F)F)[C@@H]1O.O=C1CC2=C(C(C3CCN(c4ccc(C(F)(F)F)nn4)CC3)=NC2)[C@H](C(F)(F)F)[C@H]1O. The summed E-state index contributed by atoms with van der Waals surface area (Å²) in [6, 6.07) is 4.10. The molecule has 0 bridgehead atoms. The monoisotopic (exact) mass is 896 g/mol. The van der Waals surface area contributed by atoms with Crippen LogP contribution < -0.4 is 9.80 Å². The van der Waals surface area contributed by atoms with Gasteiger partial charge in [-0.3, -0.25) is 19.6 Å². The van der Waals surface area contributed by atoms with Gasteiger partial charge in [0.1, 0.15) is 24.0 Å². The summed E-state index contributed by atoms with van der Waals surface area (Å²) in [5, 5.41) is 33.5. The van der Waals surface area contributed by atoms with E-state index >= 15 is 0 Å². The molecule has 0 amide bonds. The summed E-state index contributed by atoms with van der Waals surface area (Å²) in [6.07, 6.45) is -21.9. The highest BCUT2D eigenvalue weighted by Crippen LogP contribution is 2.47. The highest BCUT2D eigenvalue weighted by atomic mass is 19.4. The molecule has 0 spiro atoms. The van der Waals surface area contributed by atoms with Crippen molar-refractivity contribution in [2.75, 3.05) is 49.1 Å². The summed E-state index contributed by atoms with van der Waals surface area (Å²) in [7, 11) is 0. The molecule has 2 aromatic heterocycles. The number of carbonyl (C=O) groups is 2. The van der Waals surface area contributed by atoms with E-state index < -0.39 is 71.7 Å². The van der Waals surface area contributed by atoms with E-state index in [2.05, 4.69) is 30.4 Å². The number of piperidine rings is 2. The first-order chi connectivity index (χ1) is 28.9. The van der Waals surface area contributed by atoms with E-state index in [-0.39, 0.29) is 72.0 Å². The van der Waals surface area contributed by atoms with E-state index in [0.717, 1.165) is 12.1 Å². The van der Waals surface area contributed by atoms with Crippen LogP contribution in [0, 0.1) is 23.7 Å². The molecule has 12 nitrogen and oxygen atoms in total. The molecule has 2 N–H and O–H groups in total. The molecular formula is C38H36F12N8O4. The van der Waals surface area contributed by atoms with Crippen molar-refractivity contribution in [3.05, 3.63) is 57.9 Å². The molecular weight excluding hydrogens is 860 g/mol. The van der Waals surface area contributed by atoms with Gasteiger partial charge in [0.05, 0.1) is 13.1 Å². The van der Waals surface area contributed by atoms with Gasteiger partial charge in [-0.05, 0) is 72.2 Å². The number of aliphatic imine (C=N–C) groups is 2. The fraction of sp³-hybridized carbons (Fsp3) is 0.579. The largest absolute Gasteiger partial charge is 0.435 e. The Morgan fingerprint density at radius 1 is 0.516 bits per heavy atom. The van der Waals surface area contributed by atoms with Gasteiger partial charge < -0.3 is 20.0 Å². The molecule has 0 saturated carbocycles. The van der Waals surface area contributed by atoms with Crippen molar-refractivity contribution in [3.8, 4) is 0 Å². The van der Waals surface area contributed by atoms with Crippen molar-refractivity contribution >= 4 is 34.6 Å². The lowest BCUT2D eigenvalue weighted by Gasteiger charge is -2.36. The third-order valence-electron chi connectivity index (χ3n) is 11.9. The Morgan fingerprint density at radius 2 is 0.855 bits per heavy atom. The van der Waals surface area contributed by atoms with Gasteiger partial charge >= 0.3 is 24.7 Å². The zero-order chi connectivity index (χ0) is 45.1. The lowest BCUT2D eigenvalue weighted by Crippen LogP contribution is -2.46. The number of aliphatic hydroxyl groups is 2. The van der Waals surface area contributed by atoms with Crippen LogP contribution in [0.1, 0.15) is 49.9 Å². The second-order valence-corrected chi connectivity index (χ2v) is 15.7. The van der Waals surface area contributed by atoms with Crippen molar-refractivity contribution in [1.29, 1.82) is 0 Å². The molecule has 0 radical (unpaired) electrons. The Balaban J connectivity index is 0.000000186. The zero-order valence-electron chi connectivity index (χ0n) is 32.1. The molecule has 62 heavy (non-hydrogen) atoms. The van der Waals surface area contributed by atoms with Gasteiger partial charge in [0.15, 0.2) is 34.6 Å². The number of alkyl halides is 12. The number of rotatable bonds is 4. The second kappa shape index (κ2) is 16.6. The molecule has 6 aliphatic rings. The van der Waals surface area contributed by atoms with Crippen molar-refractivity contribution < 1.29 is 72.5 Å². The Kier molecular flexibility index (Phi) is 12.1. The van der Waals surface area contributed by atoms with Crippen LogP contribution in [-0.2, 0) is 21.9 Å². The van der Waals surface area contributed by atoms with E-state index in [0.29, 0.717) is 63.0 Å². The minimum absolute atomic E-state index is 0.0142. The minimum Gasteiger partial charge on any atom is -0.384 e. The van der Waals surface area contributed by atoms with Crippen molar-refractivity contribution in [3.63, 3.8) is 0 Å². The maximum absolute atomic E-state index is 13.6. The van der Waals surface area contributed by atoms with E-state index in [1.54, 1.807) is 9.80 Å². The number of ketones is 2. The summed E-state index contributed by atoms with van der Waals surface area (Å²) in [6.45, 7) is 1.44. The van der Waals surface area contributed by atoms with Gasteiger partial charge in [0.25, 0.3) is 0 Å². The summed E-state index contributed by atoms with van der Waals surface area (Å²) in [5.74, 6) is -6.36. The van der Waals surface area contributed by atoms with Crippen LogP contribution in [0.4, 0.5) is 64.3 Å². The lowest BCUT2D eigenvalue weighted by atomic mass is 9.74. The van der Waals surface area contributed by atoms with E-state index in [1.165, 1.54) is 12.1 Å². The standard InChI is InChI=1S/2C19H18F6N4O2/c2*20-18(21,22)12-1-2-13(28-27-12)29-5-3-9(4-6-29)16-14-10(8-26-16)7-11(30)17(31)15(14)19(23,24)25/h2*1-2,9,15,17,31H,3-8H2/t2*15-,17-/m10/s1. The van der Waals surface area contributed by atoms with Gasteiger partial charge in [-0.15, -0.1) is 20.4 Å². The number of hydrogen-bond acceptors (Lipinski definition) is 12. The van der Waals surface area contributed by atoms with Crippen molar-refractivity contribution in [1.82, 2.24) is 20.4 Å². The van der Waals surface area contributed by atoms with E-state index in [1.807, 2.05) is 0 Å². The van der Waals surface area contributed by atoms with Crippen molar-refractivity contribution in [2.45, 2.75) is 75.4 Å². The Labute approximate surface area is 343 Å². The van der Waals surface area contributed by atoms with Gasteiger partial charge in [0.2, 0.25) is 0 Å². The number of nitrogens with zero attached hydrogens (tertiary/aromatic N) is 8. The molecule has 4 atom stereocenters. The van der Waals surface area contributed by atoms with Gasteiger partial charge in [0, 0.05) is 62.3 Å². The smallest absolute Gasteiger partial charge is 0.384 e. The fourth-order valence-electron chi connectivity index (χ4n) is 8.88. The normalized spacial score (nSPS) is 25.7. The first-order valence-corrected chi connectivity index (χ1v) is 19.3. The van der Waals surface area contributed by atoms with Gasteiger partial charge in [-0.2, -0.15) is 52.7 Å². The molecule has 2 fully saturated rings. The molecule has 4 aliphatic heterocycles. The Hall–Kier alpha value is -5.00. The van der Waals surface area contributed by atoms with Gasteiger partial charge in [-0.25, -0.2) is 0 Å². The summed E-state index contributed by atoms with van der Waals surface area (Å²) >= 11 is 0. The molecule has 2 saturated heterocycles. The molecule has 8 rings (SSSR count). The van der Waals surface area contributed by atoms with Crippen LogP contribution >= 0.6 is 0 Å². The molecule has 24 heteroatoms. The highest BCUT2D eigenvalue weighted by molar-refractivity contribution is 6.09. The average molecular weight is 897 g/mol. The van der Waals surface area contributed by atoms with E-state index in [9.17, 15) is 72.5 Å². The Bertz CT molecular complexity index is 2010. The van der Waals surface area contributed by atoms with Crippen LogP contribution in [0.2, 0.25) is 0 Å². The maximum atomic E-state index is 13.6. The first kappa shape index (κ1) is 45.0. The quantitative estimate of drug-likeness (QED) is 0.352. The molecule has 0 unspecified atom stereocenters. The number of halogens is 12. The molecule has 6 heterocycles. The number of aromatic nitrogens is 4. The maximum Gasteiger partial charge on any atom is 0.435 e. The number of carbonyl (C=O) groups excluding carboxylic acids is 2. The predicted molar refractivity (Wildman–Crippen MR) is 193 cm³/mol. The van der Waals surface area contributed by atoms with Crippen LogP contribution in [0.3, 0.4) is 0 Å². The molecule has 336 valence electrons. The first-order valence-electron chi connectivity index (χ1n) is 19.3. The summed E-state index contributed by atoms with van der Waals surface area (Å²) in [5.41, 5.74) is -1.15. The zero-order valence-corrected chi connectivity index (χ0v) is 32.1. The third kappa shape index (κ3) is 9.07. The van der Waals surface area contributed by atoms with Gasteiger partial charge in [-0.1, -0.05) is 0 Å². The molecule has 2 aromatic rings. The van der Waals surface area contributed by atoms with Crippen LogP contribution in [0.15, 0.2) is 56.5 Å². The molecule has 0 aromatic carbocycles. The van der Waals surface area contributed by atoms with Crippen LogP contribution in [0.5, 0.6) is 0 Å². The number of hydrogen-bond donors (Lipinski definition) is 2. The summed E-state index contributed by atoms with van der Waals surface area (Å²) in [4.78, 5) is 35.7. The highest BCUT2D eigenvalue weighted by Gasteiger charge is 2.56. The van der Waals surface area contributed by atoms with Crippen LogP contribution in [-0.4, -0.2) is 117 Å². The predicted octanol–water partition coefficient (Wildman–Crippen LogP) is 5.95. The number of aliphatic hydroxyl groups excluding tert-OH is 2. The summed E-state index contributed by atoms with van der Waals surface area (Å²) < 4.78 is 158. The second-order valence-electron chi connectivity index (χ2n) is 15.7. The van der Waals surface area contributed by atoms with Crippen LogP contribution in [0.25, 0.3) is 0 Å². The molecule has 2 aliphatic carbocycles. The average Bonchev–Trinajstić information content (AvgIpc) is 3.81. The number of anilines is 2. The van der Waals surface area contributed by atoms with E-state index in [4.69, 9.17) is 0 Å².